The highest BCUT2D eigenvalue weighted by Gasteiger charge is 2.02. The third-order valence-corrected chi connectivity index (χ3v) is 3.64. The van der Waals surface area contributed by atoms with E-state index in [1.54, 1.807) is 48.5 Å². The van der Waals surface area contributed by atoms with Crippen LogP contribution in [-0.2, 0) is 4.79 Å². The molecular weight excluding hydrogens is 349 g/mol. The number of carbonyl (C=O) groups excluding carboxylic acids is 1. The number of nitrogens with one attached hydrogen (secondary N) is 1. The Balaban J connectivity index is 1.75. The fourth-order valence-electron chi connectivity index (χ4n) is 2.18. The lowest BCUT2D eigenvalue weighted by Crippen LogP contribution is -2.07. The lowest BCUT2D eigenvalue weighted by Gasteiger charge is -2.03. The number of benzene rings is 2. The molecule has 0 aliphatic carbocycles. The quantitative estimate of drug-likeness (QED) is 0.542. The van der Waals surface area contributed by atoms with Crippen molar-refractivity contribution in [1.82, 2.24) is 0 Å². The van der Waals surface area contributed by atoms with Crippen molar-refractivity contribution in [2.45, 2.75) is 0 Å². The zero-order valence-corrected chi connectivity index (χ0v) is 13.8. The number of anilines is 1. The second-order valence-corrected chi connectivity index (χ2v) is 5.91. The fourth-order valence-corrected chi connectivity index (χ4v) is 2.72. The first-order valence-corrected chi connectivity index (χ1v) is 7.74. The maximum absolute atomic E-state index is 12.0. The largest absolute Gasteiger partial charge is 0.423 e. The van der Waals surface area contributed by atoms with Gasteiger partial charge in [0.25, 0.3) is 0 Å². The van der Waals surface area contributed by atoms with Crippen LogP contribution in [0.1, 0.15) is 5.56 Å². The molecule has 2 aromatic carbocycles. The highest BCUT2D eigenvalue weighted by atomic mass is 35.5. The number of fused-ring (bicyclic) bond motifs is 1. The molecule has 0 aliphatic heterocycles. The van der Waals surface area contributed by atoms with Crippen molar-refractivity contribution in [2.75, 3.05) is 5.32 Å². The fraction of sp³-hybridized carbons (Fsp3) is 0. The Kier molecular flexibility index (Phi) is 4.69. The van der Waals surface area contributed by atoms with E-state index in [0.29, 0.717) is 21.3 Å². The average molecular weight is 360 g/mol. The molecule has 4 nitrogen and oxygen atoms in total. The molecule has 1 N–H and O–H groups in total. The van der Waals surface area contributed by atoms with E-state index in [1.165, 1.54) is 12.1 Å². The Morgan fingerprint density at radius 3 is 2.50 bits per heavy atom. The Bertz CT molecular complexity index is 988. The molecule has 1 aromatic heterocycles. The predicted octanol–water partition coefficient (Wildman–Crippen LogP) is 4.75. The average Bonchev–Trinajstić information content (AvgIpc) is 2.52. The number of rotatable bonds is 3. The molecule has 0 spiro atoms. The van der Waals surface area contributed by atoms with Crippen LogP contribution in [0.25, 0.3) is 17.0 Å². The lowest BCUT2D eigenvalue weighted by molar-refractivity contribution is -0.111. The summed E-state index contributed by atoms with van der Waals surface area (Å²) in [6.07, 6.45) is 3.00. The molecule has 3 aromatic rings. The molecular formula is C18H11Cl2NO3. The predicted molar refractivity (Wildman–Crippen MR) is 96.6 cm³/mol. The summed E-state index contributed by atoms with van der Waals surface area (Å²) in [7, 11) is 0. The molecule has 0 fully saturated rings. The number of hydrogen-bond donors (Lipinski definition) is 1. The molecule has 3 rings (SSSR count). The van der Waals surface area contributed by atoms with Crippen molar-refractivity contribution in [3.8, 4) is 0 Å². The highest BCUT2D eigenvalue weighted by Crippen LogP contribution is 2.20. The van der Waals surface area contributed by atoms with Crippen molar-refractivity contribution in [3.63, 3.8) is 0 Å². The van der Waals surface area contributed by atoms with Gasteiger partial charge in [0.15, 0.2) is 0 Å². The van der Waals surface area contributed by atoms with Crippen LogP contribution in [0, 0.1) is 0 Å². The van der Waals surface area contributed by atoms with E-state index in [-0.39, 0.29) is 5.91 Å². The van der Waals surface area contributed by atoms with Crippen molar-refractivity contribution < 1.29 is 9.21 Å². The first-order chi connectivity index (χ1) is 11.5. The number of halogens is 2. The van der Waals surface area contributed by atoms with Crippen LogP contribution < -0.4 is 10.9 Å². The van der Waals surface area contributed by atoms with Gasteiger partial charge in [0.05, 0.1) is 0 Å². The first-order valence-electron chi connectivity index (χ1n) is 6.99. The summed E-state index contributed by atoms with van der Waals surface area (Å²) in [6.45, 7) is 0. The molecule has 0 atom stereocenters. The van der Waals surface area contributed by atoms with Gasteiger partial charge in [-0.2, -0.15) is 0 Å². The van der Waals surface area contributed by atoms with Crippen LogP contribution in [0.4, 0.5) is 5.69 Å². The van der Waals surface area contributed by atoms with Gasteiger partial charge < -0.3 is 9.73 Å². The first kappa shape index (κ1) is 16.3. The van der Waals surface area contributed by atoms with E-state index in [0.717, 1.165) is 10.9 Å². The molecule has 0 bridgehead atoms. The summed E-state index contributed by atoms with van der Waals surface area (Å²) in [6, 6.07) is 13.0. The second kappa shape index (κ2) is 6.91. The highest BCUT2D eigenvalue weighted by molar-refractivity contribution is 6.34. The van der Waals surface area contributed by atoms with E-state index >= 15 is 0 Å². The molecule has 0 radical (unpaired) electrons. The maximum atomic E-state index is 12.0. The summed E-state index contributed by atoms with van der Waals surface area (Å²) in [5.74, 6) is -0.303. The zero-order valence-electron chi connectivity index (χ0n) is 12.3. The van der Waals surface area contributed by atoms with Crippen LogP contribution in [0.2, 0.25) is 10.0 Å². The Morgan fingerprint density at radius 2 is 1.75 bits per heavy atom. The van der Waals surface area contributed by atoms with Crippen molar-refractivity contribution in [2.24, 2.45) is 0 Å². The molecule has 24 heavy (non-hydrogen) atoms. The summed E-state index contributed by atoms with van der Waals surface area (Å²) >= 11 is 11.8. The van der Waals surface area contributed by atoms with Gasteiger partial charge in [-0.3, -0.25) is 4.79 Å². The standard InChI is InChI=1S/C18H11Cl2NO3/c19-13-7-11(8-14(20)10-13)1-5-17(22)21-15-3-4-16-12(9-15)2-6-18(23)24-16/h1-10H,(H,21,22)/b5-1+. The van der Waals surface area contributed by atoms with Gasteiger partial charge in [-0.25, -0.2) is 4.79 Å². The smallest absolute Gasteiger partial charge is 0.336 e. The summed E-state index contributed by atoms with van der Waals surface area (Å²) in [5, 5.41) is 4.45. The van der Waals surface area contributed by atoms with Crippen LogP contribution in [0.15, 0.2) is 63.8 Å². The second-order valence-electron chi connectivity index (χ2n) is 5.03. The SMILES string of the molecule is O=C(/C=C/c1cc(Cl)cc(Cl)c1)Nc1ccc2oc(=O)ccc2c1. The van der Waals surface area contributed by atoms with Crippen LogP contribution >= 0.6 is 23.2 Å². The van der Waals surface area contributed by atoms with Gasteiger partial charge in [0, 0.05) is 33.3 Å². The molecule has 1 amide bonds. The van der Waals surface area contributed by atoms with Crippen LogP contribution in [0.3, 0.4) is 0 Å². The van der Waals surface area contributed by atoms with E-state index in [1.807, 2.05) is 0 Å². The number of hydrogen-bond acceptors (Lipinski definition) is 3. The maximum Gasteiger partial charge on any atom is 0.336 e. The van der Waals surface area contributed by atoms with E-state index < -0.39 is 5.63 Å². The Labute approximate surface area is 147 Å². The van der Waals surface area contributed by atoms with Gasteiger partial charge in [0.2, 0.25) is 5.91 Å². The van der Waals surface area contributed by atoms with Gasteiger partial charge >= 0.3 is 5.63 Å². The lowest BCUT2D eigenvalue weighted by atomic mass is 10.2. The van der Waals surface area contributed by atoms with Crippen LogP contribution in [-0.4, -0.2) is 5.91 Å². The molecule has 0 saturated heterocycles. The topological polar surface area (TPSA) is 59.3 Å². The van der Waals surface area contributed by atoms with Gasteiger partial charge in [-0.05, 0) is 54.1 Å². The minimum Gasteiger partial charge on any atom is -0.423 e. The van der Waals surface area contributed by atoms with Gasteiger partial charge in [-0.1, -0.05) is 23.2 Å². The minimum absolute atomic E-state index is 0.303. The molecule has 6 heteroatoms. The van der Waals surface area contributed by atoms with E-state index in [2.05, 4.69) is 5.32 Å². The zero-order chi connectivity index (χ0) is 17.1. The van der Waals surface area contributed by atoms with E-state index in [9.17, 15) is 9.59 Å². The van der Waals surface area contributed by atoms with Crippen LogP contribution in [0.5, 0.6) is 0 Å². The summed E-state index contributed by atoms with van der Waals surface area (Å²) in [5.41, 5.74) is 1.37. The Hall–Kier alpha value is -2.56. The molecule has 0 aliphatic rings. The number of carbonyl (C=O) groups is 1. The third-order valence-electron chi connectivity index (χ3n) is 3.20. The monoisotopic (exact) mass is 359 g/mol. The van der Waals surface area contributed by atoms with Crippen molar-refractivity contribution in [3.05, 3.63) is 80.6 Å². The molecule has 120 valence electrons. The van der Waals surface area contributed by atoms with Gasteiger partial charge in [0.1, 0.15) is 5.58 Å². The van der Waals surface area contributed by atoms with Crippen molar-refractivity contribution >= 4 is 51.8 Å². The van der Waals surface area contributed by atoms with E-state index in [4.69, 9.17) is 27.6 Å². The molecule has 1 heterocycles. The molecule has 0 saturated carbocycles. The minimum atomic E-state index is -0.414. The summed E-state index contributed by atoms with van der Waals surface area (Å²) in [4.78, 5) is 23.2. The normalized spacial score (nSPS) is 11.1. The Morgan fingerprint density at radius 1 is 1.00 bits per heavy atom. The third kappa shape index (κ3) is 4.04. The van der Waals surface area contributed by atoms with Crippen molar-refractivity contribution in [1.29, 1.82) is 0 Å². The number of amides is 1. The van der Waals surface area contributed by atoms with Gasteiger partial charge in [-0.15, -0.1) is 0 Å². The molecule has 0 unspecified atom stereocenters. The summed E-state index contributed by atoms with van der Waals surface area (Å²) < 4.78 is 5.04.